The van der Waals surface area contributed by atoms with Gasteiger partial charge < -0.3 is 0 Å². The third-order valence-electron chi connectivity index (χ3n) is 12.9. The number of aromatic nitrogens is 5. The predicted molar refractivity (Wildman–Crippen MR) is 199 cm³/mol. The average Bonchev–Trinajstić information content (AvgIpc) is 3.67. The molecule has 0 unspecified atom stereocenters. The van der Waals surface area contributed by atoms with Crippen LogP contribution in [-0.4, -0.2) is 13.8 Å². The maximum Gasteiger partial charge on any atom is 0.291 e. The Kier molecular flexibility index (Phi) is 6.82. The van der Waals surface area contributed by atoms with E-state index in [1.165, 1.54) is 106 Å². The summed E-state index contributed by atoms with van der Waals surface area (Å²) in [5.74, 6) is 0. The van der Waals surface area contributed by atoms with Crippen LogP contribution in [-0.2, 0) is 11.1 Å². The summed E-state index contributed by atoms with van der Waals surface area (Å²) in [4.78, 5) is 4.61. The van der Waals surface area contributed by atoms with Crippen molar-refractivity contribution in [3.8, 4) is 11.3 Å². The standard InChI is InChI=1S/C24H26N3.C19H27N2/c1-13-14(2)16(4)26-17(5)22-19-12-21-18(9-8-10-25-21)11-20(19)24(6,7)27(22)23(26)15(13)3;1-10-11(2)15(6)20-16(7)17-13(4)14(5)19(8,9)21(17)18(20)12(10)3/h8-12H,1-7H3;1-9H3/q2*+1. The first-order valence-electron chi connectivity index (χ1n) is 17.5. The van der Waals surface area contributed by atoms with E-state index in [9.17, 15) is 0 Å². The fourth-order valence-corrected chi connectivity index (χ4v) is 9.12. The zero-order valence-electron chi connectivity index (χ0n) is 32.1. The molecular formula is C43H53N5+2. The minimum Gasteiger partial charge on any atom is -0.256 e. The molecule has 248 valence electrons. The Morgan fingerprint density at radius 1 is 0.562 bits per heavy atom. The summed E-state index contributed by atoms with van der Waals surface area (Å²) in [5, 5.41) is 1.21. The van der Waals surface area contributed by atoms with Crippen molar-refractivity contribution in [1.82, 2.24) is 13.8 Å². The van der Waals surface area contributed by atoms with Crippen LogP contribution in [0.25, 0.3) is 39.0 Å². The molecule has 0 N–H and O–H groups in total. The second kappa shape index (κ2) is 10.1. The Hall–Kier alpha value is -4.25. The number of rotatable bonds is 0. The molecule has 5 heteroatoms. The van der Waals surface area contributed by atoms with Gasteiger partial charge >= 0.3 is 0 Å². The lowest BCUT2D eigenvalue weighted by atomic mass is 9.91. The van der Waals surface area contributed by atoms with E-state index < -0.39 is 0 Å². The van der Waals surface area contributed by atoms with Crippen LogP contribution in [0, 0.1) is 69.2 Å². The molecule has 6 aromatic rings. The zero-order chi connectivity index (χ0) is 35.1. The van der Waals surface area contributed by atoms with Gasteiger partial charge in [-0.15, -0.1) is 0 Å². The monoisotopic (exact) mass is 639 g/mol. The number of benzene rings is 1. The van der Waals surface area contributed by atoms with Gasteiger partial charge in [-0.2, -0.15) is 8.80 Å². The summed E-state index contributed by atoms with van der Waals surface area (Å²) in [6, 6.07) is 8.80. The molecule has 0 saturated carbocycles. The van der Waals surface area contributed by atoms with Crippen molar-refractivity contribution in [3.05, 3.63) is 103 Å². The molecule has 0 radical (unpaired) electrons. The Balaban J connectivity index is 0.000000157. The van der Waals surface area contributed by atoms with Gasteiger partial charge in [0, 0.05) is 53.3 Å². The first-order valence-corrected chi connectivity index (χ1v) is 17.5. The molecule has 48 heavy (non-hydrogen) atoms. The minimum atomic E-state index is -0.104. The second-order valence-electron chi connectivity index (χ2n) is 15.7. The fourth-order valence-electron chi connectivity index (χ4n) is 9.12. The molecule has 2 aliphatic heterocycles. The molecule has 0 spiro atoms. The largest absolute Gasteiger partial charge is 0.291 e. The number of allylic oxidation sites excluding steroid dienone is 2. The van der Waals surface area contributed by atoms with Crippen molar-refractivity contribution in [3.63, 3.8) is 0 Å². The van der Waals surface area contributed by atoms with E-state index in [1.54, 1.807) is 0 Å². The van der Waals surface area contributed by atoms with Crippen molar-refractivity contribution in [2.45, 2.75) is 122 Å². The molecule has 0 saturated heterocycles. The molecule has 0 atom stereocenters. The third-order valence-corrected chi connectivity index (χ3v) is 12.9. The third kappa shape index (κ3) is 3.82. The maximum absolute atomic E-state index is 4.61. The molecule has 0 aliphatic carbocycles. The quantitative estimate of drug-likeness (QED) is 0.152. The maximum atomic E-state index is 4.61. The van der Waals surface area contributed by atoms with Gasteiger partial charge in [-0.3, -0.25) is 4.98 Å². The van der Waals surface area contributed by atoms with Gasteiger partial charge in [0.15, 0.2) is 22.8 Å². The fraction of sp³-hybridized carbons (Fsp3) is 0.419. The van der Waals surface area contributed by atoms with Gasteiger partial charge in [0.05, 0.1) is 5.52 Å². The highest BCUT2D eigenvalue weighted by atomic mass is 15.2. The number of fused-ring (bicyclic) bond motifs is 9. The number of pyridine rings is 3. The lowest BCUT2D eigenvalue weighted by molar-refractivity contribution is -0.721. The van der Waals surface area contributed by atoms with Crippen LogP contribution in [0.5, 0.6) is 0 Å². The van der Waals surface area contributed by atoms with Crippen molar-refractivity contribution < 1.29 is 9.13 Å². The highest BCUT2D eigenvalue weighted by Gasteiger charge is 2.47. The summed E-state index contributed by atoms with van der Waals surface area (Å²) in [6.45, 7) is 36.4. The molecule has 5 nitrogen and oxygen atoms in total. The molecule has 2 aliphatic rings. The summed E-state index contributed by atoms with van der Waals surface area (Å²) in [6.07, 6.45) is 1.88. The first kappa shape index (κ1) is 32.3. The Labute approximate surface area is 286 Å². The molecule has 1 aromatic carbocycles. The average molecular weight is 640 g/mol. The van der Waals surface area contributed by atoms with E-state index >= 15 is 0 Å². The van der Waals surface area contributed by atoms with E-state index in [0.29, 0.717) is 0 Å². The SMILES string of the molecule is CC1=C(C)C(C)(C)[n+]2c1c(C)n1c(C)c(C)c(C)c(C)c12.Cc1c(C)c(C)n2c(C)c3[n+](c2c1C)C(C)(C)c1cc2cccnc2cc1-3. The van der Waals surface area contributed by atoms with Crippen LogP contribution >= 0.6 is 0 Å². The lowest BCUT2D eigenvalue weighted by Gasteiger charge is -2.20. The van der Waals surface area contributed by atoms with Crippen molar-refractivity contribution in [1.29, 1.82) is 0 Å². The summed E-state index contributed by atoms with van der Waals surface area (Å²) >= 11 is 0. The summed E-state index contributed by atoms with van der Waals surface area (Å²) in [7, 11) is 0. The lowest BCUT2D eigenvalue weighted by Crippen LogP contribution is -2.51. The molecule has 0 fully saturated rings. The van der Waals surface area contributed by atoms with E-state index in [4.69, 9.17) is 0 Å². The van der Waals surface area contributed by atoms with Gasteiger partial charge in [-0.25, -0.2) is 9.13 Å². The van der Waals surface area contributed by atoms with Gasteiger partial charge in [0.2, 0.25) is 0 Å². The Morgan fingerprint density at radius 2 is 1.06 bits per heavy atom. The number of nitrogens with zero attached hydrogens (tertiary/aromatic N) is 5. The molecule has 7 heterocycles. The van der Waals surface area contributed by atoms with Gasteiger partial charge in [0.25, 0.3) is 11.3 Å². The highest BCUT2D eigenvalue weighted by molar-refractivity contribution is 5.87. The van der Waals surface area contributed by atoms with E-state index in [2.05, 4.69) is 152 Å². The minimum absolute atomic E-state index is 0.0534. The van der Waals surface area contributed by atoms with Crippen molar-refractivity contribution >= 4 is 27.8 Å². The number of aryl methyl sites for hydroxylation is 6. The van der Waals surface area contributed by atoms with Crippen LogP contribution in [0.1, 0.15) is 109 Å². The molecular weight excluding hydrogens is 587 g/mol. The van der Waals surface area contributed by atoms with Crippen LogP contribution in [0.3, 0.4) is 0 Å². The second-order valence-corrected chi connectivity index (χ2v) is 15.7. The zero-order valence-corrected chi connectivity index (χ0v) is 32.1. The van der Waals surface area contributed by atoms with Gasteiger partial charge in [-0.05, 0) is 143 Å². The van der Waals surface area contributed by atoms with Crippen LogP contribution in [0.15, 0.2) is 36.0 Å². The van der Waals surface area contributed by atoms with Crippen molar-refractivity contribution in [2.75, 3.05) is 0 Å². The number of hydrogen-bond acceptors (Lipinski definition) is 1. The van der Waals surface area contributed by atoms with Crippen molar-refractivity contribution in [2.24, 2.45) is 0 Å². The number of hydrogen-bond donors (Lipinski definition) is 0. The van der Waals surface area contributed by atoms with E-state index in [-0.39, 0.29) is 11.1 Å². The number of imidazole rings is 2. The molecule has 0 amide bonds. The Bertz CT molecular complexity index is 2460. The van der Waals surface area contributed by atoms with Gasteiger partial charge in [-0.1, -0.05) is 6.07 Å². The van der Waals surface area contributed by atoms with Crippen LogP contribution in [0.4, 0.5) is 0 Å². The van der Waals surface area contributed by atoms with E-state index in [1.807, 2.05) is 12.3 Å². The molecule has 5 aromatic heterocycles. The summed E-state index contributed by atoms with van der Waals surface area (Å²) in [5.41, 5.74) is 25.9. The van der Waals surface area contributed by atoms with E-state index in [0.717, 1.165) is 5.52 Å². The Morgan fingerprint density at radius 3 is 1.60 bits per heavy atom. The van der Waals surface area contributed by atoms with Crippen LogP contribution < -0.4 is 9.13 Å². The van der Waals surface area contributed by atoms with Gasteiger partial charge in [0.1, 0.15) is 22.5 Å². The first-order chi connectivity index (χ1) is 22.4. The molecule has 8 rings (SSSR count). The smallest absolute Gasteiger partial charge is 0.256 e. The van der Waals surface area contributed by atoms with Crippen LogP contribution in [0.2, 0.25) is 0 Å². The summed E-state index contributed by atoms with van der Waals surface area (Å²) < 4.78 is 10.0. The highest BCUT2D eigenvalue weighted by Crippen LogP contribution is 2.44. The normalized spacial score (nSPS) is 15.8. The molecule has 0 bridgehead atoms. The topological polar surface area (TPSA) is 29.5 Å². The predicted octanol–water partition coefficient (Wildman–Crippen LogP) is 9.39.